The van der Waals surface area contributed by atoms with Crippen LogP contribution in [0.5, 0.6) is 0 Å². The molecule has 1 fully saturated rings. The number of carbonyl (C=O) groups is 1. The number of aromatic nitrogens is 1. The summed E-state index contributed by atoms with van der Waals surface area (Å²) in [5.41, 5.74) is 4.30. The Labute approximate surface area is 191 Å². The molecule has 4 nitrogen and oxygen atoms in total. The highest BCUT2D eigenvalue weighted by Crippen LogP contribution is 2.51. The summed E-state index contributed by atoms with van der Waals surface area (Å²) in [6, 6.07) is 23.7. The van der Waals surface area contributed by atoms with Crippen molar-refractivity contribution >= 4 is 16.7 Å². The Morgan fingerprint density at radius 2 is 1.91 bits per heavy atom. The van der Waals surface area contributed by atoms with Gasteiger partial charge in [0.25, 0.3) is 5.91 Å². The Bertz CT molecular complexity index is 1380. The second-order valence-corrected chi connectivity index (χ2v) is 9.17. The smallest absolute Gasteiger partial charge is 0.272 e. The first kappa shape index (κ1) is 20.1. The fraction of sp³-hybridized carbons (Fsp3) is 0.214. The number of aliphatic hydroxyl groups is 1. The van der Waals surface area contributed by atoms with E-state index >= 15 is 0 Å². The lowest BCUT2D eigenvalue weighted by Crippen LogP contribution is -2.33. The van der Waals surface area contributed by atoms with Crippen molar-refractivity contribution in [1.82, 2.24) is 9.88 Å². The zero-order valence-electron chi connectivity index (χ0n) is 18.0. The maximum Gasteiger partial charge on any atom is 0.272 e. The van der Waals surface area contributed by atoms with Gasteiger partial charge in [0.2, 0.25) is 0 Å². The van der Waals surface area contributed by atoms with Crippen molar-refractivity contribution in [2.45, 2.75) is 24.4 Å². The molecule has 1 spiro atoms. The second kappa shape index (κ2) is 7.49. The van der Waals surface area contributed by atoms with E-state index in [0.29, 0.717) is 19.5 Å². The molecular weight excluding hydrogens is 415 g/mol. The molecule has 3 aromatic carbocycles. The zero-order valence-corrected chi connectivity index (χ0v) is 18.0. The van der Waals surface area contributed by atoms with E-state index in [9.17, 15) is 14.3 Å². The van der Waals surface area contributed by atoms with Crippen LogP contribution in [0.3, 0.4) is 0 Å². The highest BCUT2D eigenvalue weighted by Gasteiger charge is 2.48. The number of nitrogens with zero attached hydrogens (tertiary/aromatic N) is 2. The van der Waals surface area contributed by atoms with Crippen molar-refractivity contribution in [2.24, 2.45) is 0 Å². The molecule has 1 N–H and O–H groups in total. The Morgan fingerprint density at radius 3 is 2.76 bits per heavy atom. The fourth-order valence-corrected chi connectivity index (χ4v) is 5.65. The van der Waals surface area contributed by atoms with Crippen LogP contribution in [0, 0.1) is 5.82 Å². The van der Waals surface area contributed by atoms with E-state index in [4.69, 9.17) is 0 Å². The van der Waals surface area contributed by atoms with Gasteiger partial charge in [0, 0.05) is 18.5 Å². The summed E-state index contributed by atoms with van der Waals surface area (Å²) in [5, 5.41) is 13.4. The number of carbonyl (C=O) groups excluding carboxylic acids is 1. The van der Waals surface area contributed by atoms with Gasteiger partial charge >= 0.3 is 0 Å². The summed E-state index contributed by atoms with van der Waals surface area (Å²) >= 11 is 0. The van der Waals surface area contributed by atoms with E-state index in [0.717, 1.165) is 34.9 Å². The van der Waals surface area contributed by atoms with Crippen LogP contribution in [0.25, 0.3) is 21.9 Å². The lowest BCUT2D eigenvalue weighted by atomic mass is 9.80. The molecule has 0 saturated carbocycles. The normalized spacial score (nSPS) is 21.6. The minimum absolute atomic E-state index is 0.192. The van der Waals surface area contributed by atoms with Gasteiger partial charge in [-0.25, -0.2) is 9.37 Å². The van der Waals surface area contributed by atoms with Gasteiger partial charge in [-0.05, 0) is 64.1 Å². The molecule has 2 unspecified atom stereocenters. The average molecular weight is 439 g/mol. The monoisotopic (exact) mass is 438 g/mol. The van der Waals surface area contributed by atoms with Crippen molar-refractivity contribution in [2.75, 3.05) is 13.1 Å². The summed E-state index contributed by atoms with van der Waals surface area (Å²) in [6.45, 7) is 1.12. The highest BCUT2D eigenvalue weighted by molar-refractivity contribution is 5.97. The predicted molar refractivity (Wildman–Crippen MR) is 125 cm³/mol. The predicted octanol–water partition coefficient (Wildman–Crippen LogP) is 5.26. The number of halogens is 1. The second-order valence-electron chi connectivity index (χ2n) is 9.17. The summed E-state index contributed by atoms with van der Waals surface area (Å²) in [6.07, 6.45) is 1.90. The van der Waals surface area contributed by atoms with E-state index in [1.807, 2.05) is 12.1 Å². The van der Waals surface area contributed by atoms with Gasteiger partial charge in [-0.15, -0.1) is 0 Å². The minimum Gasteiger partial charge on any atom is -0.388 e. The summed E-state index contributed by atoms with van der Waals surface area (Å²) < 4.78 is 13.2. The van der Waals surface area contributed by atoms with Gasteiger partial charge in [0.15, 0.2) is 0 Å². The summed E-state index contributed by atoms with van der Waals surface area (Å²) in [4.78, 5) is 18.7. The number of likely N-dealkylation sites (tertiary alicyclic amines) is 1. The van der Waals surface area contributed by atoms with Gasteiger partial charge in [-0.1, -0.05) is 54.6 Å². The first-order chi connectivity index (χ1) is 16.0. The third-order valence-corrected chi connectivity index (χ3v) is 7.25. The number of pyridine rings is 1. The average Bonchev–Trinajstić information content (AvgIpc) is 3.39. The van der Waals surface area contributed by atoms with E-state index in [1.54, 1.807) is 4.90 Å². The lowest BCUT2D eigenvalue weighted by molar-refractivity contribution is 0.0770. The van der Waals surface area contributed by atoms with Gasteiger partial charge in [-0.2, -0.15) is 0 Å². The number of fused-ring (bicyclic) bond motifs is 3. The molecule has 33 heavy (non-hydrogen) atoms. The van der Waals surface area contributed by atoms with Crippen molar-refractivity contribution in [3.63, 3.8) is 0 Å². The third-order valence-electron chi connectivity index (χ3n) is 7.25. The molecule has 5 heteroatoms. The van der Waals surface area contributed by atoms with Crippen LogP contribution in [-0.4, -0.2) is 34.0 Å². The van der Waals surface area contributed by atoms with Gasteiger partial charge in [0.05, 0.1) is 12.3 Å². The molecular formula is C28H23FN2O2. The molecule has 1 amide bonds. The molecule has 1 aliphatic heterocycles. The molecule has 0 bridgehead atoms. The van der Waals surface area contributed by atoms with Gasteiger partial charge in [0.1, 0.15) is 11.5 Å². The van der Waals surface area contributed by atoms with Crippen LogP contribution in [0.2, 0.25) is 0 Å². The van der Waals surface area contributed by atoms with Crippen molar-refractivity contribution in [3.8, 4) is 11.1 Å². The van der Waals surface area contributed by atoms with Crippen LogP contribution in [0.1, 0.15) is 40.6 Å². The molecule has 1 saturated heterocycles. The molecule has 6 rings (SSSR count). The third kappa shape index (κ3) is 3.23. The number of benzene rings is 3. The van der Waals surface area contributed by atoms with E-state index < -0.39 is 11.9 Å². The Morgan fingerprint density at radius 1 is 1.06 bits per heavy atom. The Kier molecular flexibility index (Phi) is 4.56. The Balaban J connectivity index is 1.33. The molecule has 2 heterocycles. The molecule has 2 aliphatic rings. The fourth-order valence-electron chi connectivity index (χ4n) is 5.65. The first-order valence-electron chi connectivity index (χ1n) is 11.3. The largest absolute Gasteiger partial charge is 0.388 e. The van der Waals surface area contributed by atoms with Crippen molar-refractivity contribution in [3.05, 3.63) is 102 Å². The first-order valence-corrected chi connectivity index (χ1v) is 11.3. The van der Waals surface area contributed by atoms with Crippen LogP contribution >= 0.6 is 0 Å². The maximum absolute atomic E-state index is 13.2. The topological polar surface area (TPSA) is 53.4 Å². The van der Waals surface area contributed by atoms with E-state index in [2.05, 4.69) is 53.5 Å². The molecule has 1 aromatic heterocycles. The highest BCUT2D eigenvalue weighted by atomic mass is 19.1. The number of aliphatic hydroxyl groups excluding tert-OH is 1. The van der Waals surface area contributed by atoms with Crippen molar-refractivity contribution in [1.29, 1.82) is 0 Å². The van der Waals surface area contributed by atoms with E-state index in [-0.39, 0.29) is 17.0 Å². The standard InChI is InChI=1S/C28H23FN2O2/c29-20-9-11-25(30-16-20)27(33)31-13-12-28(17-31)15-26(32)23-14-19(8-10-24(23)28)22-7-3-5-18-4-1-2-6-21(18)22/h1-11,14,16,26,32H,12-13,15,17H2. The minimum atomic E-state index is -0.561. The van der Waals surface area contributed by atoms with Crippen LogP contribution in [0.4, 0.5) is 4.39 Å². The number of hydrogen-bond donors (Lipinski definition) is 1. The number of hydrogen-bond acceptors (Lipinski definition) is 3. The van der Waals surface area contributed by atoms with E-state index in [1.165, 1.54) is 22.9 Å². The molecule has 164 valence electrons. The van der Waals surface area contributed by atoms with Gasteiger partial charge in [-0.3, -0.25) is 4.79 Å². The number of rotatable bonds is 2. The quantitative estimate of drug-likeness (QED) is 0.464. The maximum atomic E-state index is 13.2. The molecule has 0 radical (unpaired) electrons. The molecule has 2 atom stereocenters. The van der Waals surface area contributed by atoms with Crippen molar-refractivity contribution < 1.29 is 14.3 Å². The van der Waals surface area contributed by atoms with Gasteiger partial charge < -0.3 is 10.0 Å². The van der Waals surface area contributed by atoms with Crippen LogP contribution in [0.15, 0.2) is 79.0 Å². The summed E-state index contributed by atoms with van der Waals surface area (Å²) in [5.74, 6) is -0.651. The van der Waals surface area contributed by atoms with Crippen LogP contribution < -0.4 is 0 Å². The summed E-state index contributed by atoms with van der Waals surface area (Å²) in [7, 11) is 0. The SMILES string of the molecule is O=C(c1ccc(F)cn1)N1CCC2(CC(O)c3cc(-c4cccc5ccccc45)ccc32)C1. The molecule has 4 aromatic rings. The molecule has 1 aliphatic carbocycles. The zero-order chi connectivity index (χ0) is 22.6. The Hall–Kier alpha value is -3.57. The van der Waals surface area contributed by atoms with Crippen LogP contribution in [-0.2, 0) is 5.41 Å². The lowest BCUT2D eigenvalue weighted by Gasteiger charge is -2.25. The number of amides is 1.